The number of thiazole rings is 1. The molecule has 106 valence electrons. The van der Waals surface area contributed by atoms with Crippen LogP contribution in [0.15, 0.2) is 35.7 Å². The predicted octanol–water partition coefficient (Wildman–Crippen LogP) is 2.81. The predicted molar refractivity (Wildman–Crippen MR) is 81.0 cm³/mol. The molecule has 0 radical (unpaired) electrons. The highest BCUT2D eigenvalue weighted by atomic mass is 32.1. The van der Waals surface area contributed by atoms with E-state index in [2.05, 4.69) is 29.2 Å². The smallest absolute Gasteiger partial charge is 0.164 e. The van der Waals surface area contributed by atoms with Gasteiger partial charge in [0.15, 0.2) is 5.78 Å². The zero-order chi connectivity index (χ0) is 14.2. The zero-order valence-electron chi connectivity index (χ0n) is 11.4. The molecule has 0 unspecified atom stereocenters. The highest BCUT2D eigenvalue weighted by molar-refractivity contribution is 7.09. The third-order valence-electron chi connectivity index (χ3n) is 3.10. The maximum atomic E-state index is 11.1. The number of hydrogen-bond acceptors (Lipinski definition) is 4. The van der Waals surface area contributed by atoms with E-state index in [4.69, 9.17) is 5.11 Å². The van der Waals surface area contributed by atoms with Gasteiger partial charge < -0.3 is 5.11 Å². The van der Waals surface area contributed by atoms with Gasteiger partial charge in [-0.2, -0.15) is 0 Å². The molecule has 0 aliphatic carbocycles. The fourth-order valence-corrected chi connectivity index (χ4v) is 2.89. The van der Waals surface area contributed by atoms with E-state index in [1.165, 1.54) is 5.56 Å². The number of aliphatic hydroxyl groups excluding tert-OH is 1. The standard InChI is InChI=1S/C16H19NO2S/c18-11-15(19)10-14-12-20-16(17-14)9-5-4-8-13-6-2-1-3-7-13/h1-3,6-7,12,18H,4-5,8-11H2. The van der Waals surface area contributed by atoms with E-state index in [1.54, 1.807) is 11.3 Å². The molecule has 4 heteroatoms. The second-order valence-electron chi connectivity index (χ2n) is 4.80. The number of aromatic nitrogens is 1. The van der Waals surface area contributed by atoms with E-state index in [0.717, 1.165) is 36.4 Å². The highest BCUT2D eigenvalue weighted by Crippen LogP contribution is 2.14. The van der Waals surface area contributed by atoms with E-state index < -0.39 is 6.61 Å². The maximum absolute atomic E-state index is 11.1. The van der Waals surface area contributed by atoms with Gasteiger partial charge in [0.1, 0.15) is 6.61 Å². The first kappa shape index (κ1) is 14.9. The number of unbranched alkanes of at least 4 members (excludes halogenated alkanes) is 1. The molecular weight excluding hydrogens is 270 g/mol. The van der Waals surface area contributed by atoms with Crippen LogP contribution in [0.3, 0.4) is 0 Å². The van der Waals surface area contributed by atoms with E-state index in [9.17, 15) is 4.79 Å². The Kier molecular flexibility index (Phi) is 5.89. The number of carbonyl (C=O) groups is 1. The zero-order valence-corrected chi connectivity index (χ0v) is 12.2. The monoisotopic (exact) mass is 289 g/mol. The number of nitrogens with zero attached hydrogens (tertiary/aromatic N) is 1. The van der Waals surface area contributed by atoms with Gasteiger partial charge in [0, 0.05) is 5.38 Å². The van der Waals surface area contributed by atoms with Crippen LogP contribution in [0.2, 0.25) is 0 Å². The summed E-state index contributed by atoms with van der Waals surface area (Å²) in [7, 11) is 0. The van der Waals surface area contributed by atoms with Crippen molar-refractivity contribution in [3.8, 4) is 0 Å². The van der Waals surface area contributed by atoms with Gasteiger partial charge in [-0.1, -0.05) is 30.3 Å². The lowest BCUT2D eigenvalue weighted by Crippen LogP contribution is -2.07. The van der Waals surface area contributed by atoms with Crippen molar-refractivity contribution >= 4 is 17.1 Å². The van der Waals surface area contributed by atoms with Crippen LogP contribution in [0.25, 0.3) is 0 Å². The quantitative estimate of drug-likeness (QED) is 0.760. The number of rotatable bonds is 8. The molecule has 0 spiro atoms. The number of Topliss-reactive ketones (excluding diaryl/α,β-unsaturated/α-hetero) is 1. The fraction of sp³-hybridized carbons (Fsp3) is 0.375. The Labute approximate surface area is 123 Å². The number of ketones is 1. The second-order valence-corrected chi connectivity index (χ2v) is 5.74. The van der Waals surface area contributed by atoms with Gasteiger partial charge in [0.2, 0.25) is 0 Å². The first-order valence-corrected chi connectivity index (χ1v) is 7.75. The molecule has 0 atom stereocenters. The molecule has 3 nitrogen and oxygen atoms in total. The van der Waals surface area contributed by atoms with Gasteiger partial charge >= 0.3 is 0 Å². The second kappa shape index (κ2) is 7.92. The summed E-state index contributed by atoms with van der Waals surface area (Å²) in [6.07, 6.45) is 4.56. The Morgan fingerprint density at radius 1 is 1.15 bits per heavy atom. The number of hydrogen-bond donors (Lipinski definition) is 1. The van der Waals surface area contributed by atoms with Crippen molar-refractivity contribution in [3.05, 3.63) is 52.0 Å². The third-order valence-corrected chi connectivity index (χ3v) is 4.06. The summed E-state index contributed by atoms with van der Waals surface area (Å²) in [5, 5.41) is 11.7. The summed E-state index contributed by atoms with van der Waals surface area (Å²) in [4.78, 5) is 15.6. The molecule has 0 saturated heterocycles. The average molecular weight is 289 g/mol. The Morgan fingerprint density at radius 3 is 2.65 bits per heavy atom. The van der Waals surface area contributed by atoms with E-state index >= 15 is 0 Å². The molecule has 1 heterocycles. The summed E-state index contributed by atoms with van der Waals surface area (Å²) >= 11 is 1.60. The Hall–Kier alpha value is -1.52. The SMILES string of the molecule is O=C(CO)Cc1csc(CCCCc2ccccc2)n1. The van der Waals surface area contributed by atoms with Crippen LogP contribution in [0.5, 0.6) is 0 Å². The van der Waals surface area contributed by atoms with Crippen LogP contribution in [0.1, 0.15) is 29.1 Å². The molecule has 0 aliphatic rings. The molecule has 2 aromatic rings. The van der Waals surface area contributed by atoms with Gasteiger partial charge in [-0.05, 0) is 31.2 Å². The average Bonchev–Trinajstić information content (AvgIpc) is 2.92. The Bertz CT molecular complexity index is 536. The summed E-state index contributed by atoms with van der Waals surface area (Å²) in [6, 6.07) is 10.5. The third kappa shape index (κ3) is 4.87. The molecule has 2 rings (SSSR count). The summed E-state index contributed by atoms with van der Waals surface area (Å²) in [5.74, 6) is -0.175. The Morgan fingerprint density at radius 2 is 1.90 bits per heavy atom. The molecule has 0 aliphatic heterocycles. The highest BCUT2D eigenvalue weighted by Gasteiger charge is 2.06. The number of benzene rings is 1. The molecule has 0 saturated carbocycles. The topological polar surface area (TPSA) is 50.2 Å². The minimum atomic E-state index is -0.399. The van der Waals surface area contributed by atoms with Crippen molar-refractivity contribution in [2.24, 2.45) is 0 Å². The van der Waals surface area contributed by atoms with Crippen molar-refractivity contribution < 1.29 is 9.90 Å². The first-order valence-electron chi connectivity index (χ1n) is 6.87. The summed E-state index contributed by atoms with van der Waals surface area (Å²) in [6.45, 7) is -0.399. The molecular formula is C16H19NO2S. The van der Waals surface area contributed by atoms with Crippen LogP contribution in [0.4, 0.5) is 0 Å². The van der Waals surface area contributed by atoms with Crippen molar-refractivity contribution in [1.29, 1.82) is 0 Å². The van der Waals surface area contributed by atoms with Crippen LogP contribution < -0.4 is 0 Å². The summed E-state index contributed by atoms with van der Waals surface area (Å²) in [5.41, 5.74) is 2.16. The van der Waals surface area contributed by atoms with Crippen molar-refractivity contribution in [1.82, 2.24) is 4.98 Å². The minimum Gasteiger partial charge on any atom is -0.389 e. The van der Waals surface area contributed by atoms with Crippen molar-refractivity contribution in [2.75, 3.05) is 6.61 Å². The van der Waals surface area contributed by atoms with Gasteiger partial charge in [0.25, 0.3) is 0 Å². The lowest BCUT2D eigenvalue weighted by atomic mass is 10.1. The first-order chi connectivity index (χ1) is 9.78. The number of carbonyl (C=O) groups excluding carboxylic acids is 1. The number of aliphatic hydroxyl groups is 1. The molecule has 0 fully saturated rings. The van der Waals surface area contributed by atoms with Gasteiger partial charge in [-0.15, -0.1) is 11.3 Å². The molecule has 0 bridgehead atoms. The lowest BCUT2D eigenvalue weighted by molar-refractivity contribution is -0.121. The molecule has 1 aromatic heterocycles. The largest absolute Gasteiger partial charge is 0.389 e. The van der Waals surface area contributed by atoms with Gasteiger partial charge in [-0.25, -0.2) is 4.98 Å². The van der Waals surface area contributed by atoms with Crippen molar-refractivity contribution in [3.63, 3.8) is 0 Å². The lowest BCUT2D eigenvalue weighted by Gasteiger charge is -2.00. The van der Waals surface area contributed by atoms with Gasteiger partial charge in [-0.3, -0.25) is 4.79 Å². The molecule has 0 amide bonds. The van der Waals surface area contributed by atoms with Crippen LogP contribution in [-0.4, -0.2) is 22.5 Å². The molecule has 20 heavy (non-hydrogen) atoms. The van der Waals surface area contributed by atoms with E-state index in [1.807, 2.05) is 11.4 Å². The van der Waals surface area contributed by atoms with Crippen LogP contribution >= 0.6 is 11.3 Å². The normalized spacial score (nSPS) is 10.7. The van der Waals surface area contributed by atoms with Gasteiger partial charge in [0.05, 0.1) is 17.1 Å². The van der Waals surface area contributed by atoms with E-state index in [0.29, 0.717) is 0 Å². The van der Waals surface area contributed by atoms with Crippen LogP contribution in [0, 0.1) is 0 Å². The van der Waals surface area contributed by atoms with E-state index in [-0.39, 0.29) is 12.2 Å². The number of aryl methyl sites for hydroxylation is 2. The minimum absolute atomic E-state index is 0.175. The van der Waals surface area contributed by atoms with Crippen LogP contribution in [-0.2, 0) is 24.1 Å². The Balaban J connectivity index is 1.70. The maximum Gasteiger partial charge on any atom is 0.164 e. The fourth-order valence-electron chi connectivity index (χ4n) is 2.05. The molecule has 1 aromatic carbocycles. The van der Waals surface area contributed by atoms with Crippen molar-refractivity contribution in [2.45, 2.75) is 32.1 Å². The summed E-state index contributed by atoms with van der Waals surface area (Å²) < 4.78 is 0. The molecule has 1 N–H and O–H groups in total.